The van der Waals surface area contributed by atoms with Crippen molar-refractivity contribution < 1.29 is 17.6 Å². The SMILES string of the molecule is C=CCN1C(=O)/C(=C/c2ccc(-c3ccc(S(N)(=O)=O)cc3)o2)S/C1=N/c1nccs1. The van der Waals surface area contributed by atoms with Crippen LogP contribution in [0.15, 0.2) is 79.8 Å². The summed E-state index contributed by atoms with van der Waals surface area (Å²) in [6.07, 6.45) is 4.94. The topological polar surface area (TPSA) is 119 Å². The molecule has 0 bridgehead atoms. The Labute approximate surface area is 186 Å². The largest absolute Gasteiger partial charge is 0.457 e. The average Bonchev–Trinajstić information content (AvgIpc) is 3.47. The number of rotatable bonds is 6. The van der Waals surface area contributed by atoms with Crippen molar-refractivity contribution in [2.75, 3.05) is 6.54 Å². The van der Waals surface area contributed by atoms with E-state index in [1.807, 2.05) is 5.38 Å². The number of sulfonamides is 1. The Balaban J connectivity index is 1.60. The molecule has 1 saturated heterocycles. The number of primary sulfonamides is 1. The molecule has 3 heterocycles. The molecular formula is C20H16N4O4S3. The van der Waals surface area contributed by atoms with Crippen LogP contribution in [0.1, 0.15) is 5.76 Å². The van der Waals surface area contributed by atoms with Crippen molar-refractivity contribution in [3.8, 4) is 11.3 Å². The molecule has 2 aromatic heterocycles. The number of nitrogens with zero attached hydrogens (tertiary/aromatic N) is 3. The van der Waals surface area contributed by atoms with E-state index < -0.39 is 10.0 Å². The normalized spacial score (nSPS) is 17.1. The van der Waals surface area contributed by atoms with Gasteiger partial charge < -0.3 is 4.42 Å². The highest BCUT2D eigenvalue weighted by molar-refractivity contribution is 8.18. The second-order valence-electron chi connectivity index (χ2n) is 6.30. The van der Waals surface area contributed by atoms with Crippen LogP contribution in [0.2, 0.25) is 0 Å². The highest BCUT2D eigenvalue weighted by atomic mass is 32.2. The number of aromatic nitrogens is 1. The number of benzene rings is 1. The van der Waals surface area contributed by atoms with E-state index in [1.165, 1.54) is 40.1 Å². The number of amidine groups is 1. The van der Waals surface area contributed by atoms with Gasteiger partial charge in [0.05, 0.1) is 9.80 Å². The van der Waals surface area contributed by atoms with Crippen molar-refractivity contribution >= 4 is 55.4 Å². The molecule has 1 fully saturated rings. The Bertz CT molecular complexity index is 1290. The lowest BCUT2D eigenvalue weighted by molar-refractivity contribution is -0.121. The first-order valence-corrected chi connectivity index (χ1v) is 12.1. The zero-order chi connectivity index (χ0) is 22.0. The van der Waals surface area contributed by atoms with E-state index in [-0.39, 0.29) is 10.8 Å². The van der Waals surface area contributed by atoms with Gasteiger partial charge in [0.15, 0.2) is 5.17 Å². The first-order valence-electron chi connectivity index (χ1n) is 8.89. The lowest BCUT2D eigenvalue weighted by Crippen LogP contribution is -2.29. The predicted octanol–water partition coefficient (Wildman–Crippen LogP) is 3.84. The fraction of sp³-hybridized carbons (Fsp3) is 0.0500. The van der Waals surface area contributed by atoms with Crippen molar-refractivity contribution in [2.45, 2.75) is 4.90 Å². The summed E-state index contributed by atoms with van der Waals surface area (Å²) in [7, 11) is -3.76. The van der Waals surface area contributed by atoms with Gasteiger partial charge in [-0.2, -0.15) is 4.99 Å². The van der Waals surface area contributed by atoms with Crippen LogP contribution < -0.4 is 5.14 Å². The monoisotopic (exact) mass is 472 g/mol. The van der Waals surface area contributed by atoms with Gasteiger partial charge in [-0.1, -0.05) is 6.08 Å². The molecule has 11 heteroatoms. The molecule has 0 spiro atoms. The summed E-state index contributed by atoms with van der Waals surface area (Å²) in [5.41, 5.74) is 0.682. The van der Waals surface area contributed by atoms with E-state index in [1.54, 1.807) is 42.6 Å². The van der Waals surface area contributed by atoms with Crippen LogP contribution in [0.5, 0.6) is 0 Å². The summed E-state index contributed by atoms with van der Waals surface area (Å²) in [6, 6.07) is 9.52. The summed E-state index contributed by atoms with van der Waals surface area (Å²) in [5.74, 6) is 0.814. The fourth-order valence-electron chi connectivity index (χ4n) is 2.76. The summed E-state index contributed by atoms with van der Waals surface area (Å²) < 4.78 is 28.6. The Morgan fingerprint density at radius 2 is 2.00 bits per heavy atom. The second-order valence-corrected chi connectivity index (χ2v) is 9.74. The quantitative estimate of drug-likeness (QED) is 0.430. The smallest absolute Gasteiger partial charge is 0.267 e. The van der Waals surface area contributed by atoms with Crippen molar-refractivity contribution in [3.63, 3.8) is 0 Å². The Morgan fingerprint density at radius 3 is 2.65 bits per heavy atom. The Kier molecular flexibility index (Phi) is 5.92. The number of nitrogens with two attached hydrogens (primary N) is 1. The molecule has 0 radical (unpaired) electrons. The van der Waals surface area contributed by atoms with E-state index in [4.69, 9.17) is 9.56 Å². The molecule has 1 amide bonds. The highest BCUT2D eigenvalue weighted by Crippen LogP contribution is 2.35. The molecule has 2 N–H and O–H groups in total. The van der Waals surface area contributed by atoms with Crippen LogP contribution in [0.25, 0.3) is 17.4 Å². The van der Waals surface area contributed by atoms with Gasteiger partial charge >= 0.3 is 0 Å². The fourth-order valence-corrected chi connectivity index (χ4v) is 4.80. The number of carbonyl (C=O) groups is 1. The zero-order valence-corrected chi connectivity index (χ0v) is 18.4. The third kappa shape index (κ3) is 4.69. The maximum absolute atomic E-state index is 12.8. The van der Waals surface area contributed by atoms with Crippen LogP contribution in [0.4, 0.5) is 5.13 Å². The molecule has 158 valence electrons. The summed E-state index contributed by atoms with van der Waals surface area (Å²) in [5, 5.41) is 8.03. The number of amides is 1. The van der Waals surface area contributed by atoms with Crippen LogP contribution in [0.3, 0.4) is 0 Å². The molecule has 0 saturated carbocycles. The molecule has 31 heavy (non-hydrogen) atoms. The number of hydrogen-bond donors (Lipinski definition) is 1. The van der Waals surface area contributed by atoms with E-state index in [0.29, 0.717) is 38.8 Å². The molecule has 1 aliphatic heterocycles. The highest BCUT2D eigenvalue weighted by Gasteiger charge is 2.33. The minimum absolute atomic E-state index is 0.0208. The number of carbonyl (C=O) groups excluding carboxylic acids is 1. The van der Waals surface area contributed by atoms with Crippen LogP contribution >= 0.6 is 23.1 Å². The van der Waals surface area contributed by atoms with Gasteiger partial charge in [0.1, 0.15) is 11.5 Å². The molecule has 4 rings (SSSR count). The molecule has 0 atom stereocenters. The summed E-state index contributed by atoms with van der Waals surface area (Å²) in [4.78, 5) is 23.4. The van der Waals surface area contributed by atoms with Crippen LogP contribution in [0, 0.1) is 0 Å². The lowest BCUT2D eigenvalue weighted by Gasteiger charge is -2.11. The molecular weight excluding hydrogens is 456 g/mol. The van der Waals surface area contributed by atoms with Gasteiger partial charge in [-0.25, -0.2) is 18.5 Å². The molecule has 3 aromatic rings. The number of thiazole rings is 1. The van der Waals surface area contributed by atoms with Gasteiger partial charge in [0, 0.05) is 29.8 Å². The number of aliphatic imine (C=N–C) groups is 1. The van der Waals surface area contributed by atoms with Gasteiger partial charge in [0.25, 0.3) is 5.91 Å². The molecule has 0 aliphatic carbocycles. The Hall–Kier alpha value is -2.99. The third-order valence-electron chi connectivity index (χ3n) is 4.18. The van der Waals surface area contributed by atoms with Crippen molar-refractivity contribution in [1.82, 2.24) is 9.88 Å². The maximum atomic E-state index is 12.8. The minimum Gasteiger partial charge on any atom is -0.457 e. The van der Waals surface area contributed by atoms with E-state index in [2.05, 4.69) is 16.6 Å². The van der Waals surface area contributed by atoms with Crippen molar-refractivity contribution in [3.05, 3.63) is 71.3 Å². The van der Waals surface area contributed by atoms with E-state index in [9.17, 15) is 13.2 Å². The van der Waals surface area contributed by atoms with E-state index >= 15 is 0 Å². The predicted molar refractivity (Wildman–Crippen MR) is 122 cm³/mol. The second kappa shape index (κ2) is 8.63. The summed E-state index contributed by atoms with van der Waals surface area (Å²) >= 11 is 2.62. The minimum atomic E-state index is -3.76. The molecule has 1 aromatic carbocycles. The van der Waals surface area contributed by atoms with Gasteiger partial charge in [-0.05, 0) is 48.2 Å². The van der Waals surface area contributed by atoms with Gasteiger partial charge in [0.2, 0.25) is 15.2 Å². The first-order chi connectivity index (χ1) is 14.8. The molecule has 0 unspecified atom stereocenters. The number of thioether (sulfide) groups is 1. The van der Waals surface area contributed by atoms with Crippen molar-refractivity contribution in [2.24, 2.45) is 10.1 Å². The first kappa shape index (κ1) is 21.2. The lowest BCUT2D eigenvalue weighted by atomic mass is 10.2. The van der Waals surface area contributed by atoms with E-state index in [0.717, 1.165) is 0 Å². The van der Waals surface area contributed by atoms with Crippen LogP contribution in [-0.4, -0.2) is 35.9 Å². The molecule has 8 nitrogen and oxygen atoms in total. The Morgan fingerprint density at radius 1 is 1.23 bits per heavy atom. The molecule has 1 aliphatic rings. The van der Waals surface area contributed by atoms with Crippen LogP contribution in [-0.2, 0) is 14.8 Å². The zero-order valence-electron chi connectivity index (χ0n) is 16.0. The average molecular weight is 473 g/mol. The number of furan rings is 1. The standard InChI is InChI=1S/C20H16N4O4S3/c1-2-10-24-18(25)17(30-20(24)23-19-22-9-11-29-19)12-14-5-8-16(28-14)13-3-6-15(7-4-13)31(21,26)27/h2-9,11-12H,1,10H2,(H2,21,26,27)/b17-12-,23-20+. The number of hydrogen-bond acceptors (Lipinski definition) is 8. The van der Waals surface area contributed by atoms with Gasteiger partial charge in [-0.15, -0.1) is 17.9 Å². The van der Waals surface area contributed by atoms with Gasteiger partial charge in [-0.3, -0.25) is 9.69 Å². The third-order valence-corrected chi connectivity index (χ3v) is 6.78. The maximum Gasteiger partial charge on any atom is 0.267 e. The van der Waals surface area contributed by atoms with Crippen molar-refractivity contribution in [1.29, 1.82) is 0 Å². The summed E-state index contributed by atoms with van der Waals surface area (Å²) in [6.45, 7) is 4.03.